The van der Waals surface area contributed by atoms with Crippen LogP contribution in [0, 0.1) is 6.92 Å². The fourth-order valence-corrected chi connectivity index (χ4v) is 6.34. The van der Waals surface area contributed by atoms with Crippen molar-refractivity contribution in [2.45, 2.75) is 43.4 Å². The monoisotopic (exact) mass is 579 g/mol. The van der Waals surface area contributed by atoms with E-state index in [-0.39, 0.29) is 29.7 Å². The van der Waals surface area contributed by atoms with E-state index >= 15 is 0 Å². The van der Waals surface area contributed by atoms with E-state index in [1.54, 1.807) is 35.2 Å². The Kier molecular flexibility index (Phi) is 8.52. The molecule has 4 aromatic rings. The van der Waals surface area contributed by atoms with Gasteiger partial charge in [-0.3, -0.25) is 0 Å². The first-order chi connectivity index (χ1) is 19.8. The van der Waals surface area contributed by atoms with Gasteiger partial charge in [0.05, 0.1) is 23.0 Å². The van der Waals surface area contributed by atoms with Gasteiger partial charge in [-0.25, -0.2) is 27.2 Å². The Morgan fingerprint density at radius 3 is 2.61 bits per heavy atom. The van der Waals surface area contributed by atoms with Crippen molar-refractivity contribution in [2.75, 3.05) is 31.1 Å². The largest absolute Gasteiger partial charge is 0.445 e. The summed E-state index contributed by atoms with van der Waals surface area (Å²) in [6.07, 6.45) is 2.57. The molecule has 0 spiro atoms. The summed E-state index contributed by atoms with van der Waals surface area (Å²) in [5, 5.41) is 20.6. The number of ether oxygens (including phenoxy) is 1. The molecule has 0 radical (unpaired) electrons. The number of hydrogen-bond donors (Lipinski definition) is 2. The summed E-state index contributed by atoms with van der Waals surface area (Å²) < 4.78 is 33.6. The highest BCUT2D eigenvalue weighted by molar-refractivity contribution is 7.90. The number of aliphatic hydroxyl groups is 2. The van der Waals surface area contributed by atoms with Crippen molar-refractivity contribution < 1.29 is 28.2 Å². The second-order valence-corrected chi connectivity index (χ2v) is 12.0. The molecule has 1 saturated heterocycles. The molecular formula is C29H33N5O6S. The van der Waals surface area contributed by atoms with Crippen molar-refractivity contribution >= 4 is 33.0 Å². The summed E-state index contributed by atoms with van der Waals surface area (Å²) in [6, 6.07) is 17.4. The number of fused-ring (bicyclic) bond motifs is 1. The molecule has 3 heterocycles. The molecule has 2 aromatic carbocycles. The van der Waals surface area contributed by atoms with Gasteiger partial charge >= 0.3 is 6.09 Å². The number of carbonyl (C=O) groups is 1. The van der Waals surface area contributed by atoms with E-state index in [1.807, 2.05) is 42.2 Å². The molecular weight excluding hydrogens is 546 g/mol. The summed E-state index contributed by atoms with van der Waals surface area (Å²) in [6.45, 7) is 2.42. The van der Waals surface area contributed by atoms with Crippen LogP contribution in [0.15, 0.2) is 78.1 Å². The average Bonchev–Trinajstić information content (AvgIpc) is 3.45. The first-order valence-electron chi connectivity index (χ1n) is 13.4. The van der Waals surface area contributed by atoms with Gasteiger partial charge in [0.25, 0.3) is 10.0 Å². The number of piperidine rings is 1. The van der Waals surface area contributed by atoms with Crippen LogP contribution in [0.5, 0.6) is 0 Å². The van der Waals surface area contributed by atoms with E-state index in [1.165, 1.54) is 12.5 Å². The van der Waals surface area contributed by atoms with Crippen LogP contribution in [0.1, 0.15) is 24.0 Å². The van der Waals surface area contributed by atoms with Crippen LogP contribution in [-0.4, -0.2) is 82.0 Å². The van der Waals surface area contributed by atoms with Crippen LogP contribution in [0.25, 0.3) is 11.0 Å². The van der Waals surface area contributed by atoms with Gasteiger partial charge in [0, 0.05) is 31.9 Å². The zero-order chi connectivity index (χ0) is 29.0. The summed E-state index contributed by atoms with van der Waals surface area (Å²) in [4.78, 5) is 25.3. The molecule has 1 amide bonds. The Morgan fingerprint density at radius 1 is 1.12 bits per heavy atom. The molecule has 1 aliphatic heterocycles. The van der Waals surface area contributed by atoms with Crippen LogP contribution < -0.4 is 4.90 Å². The summed E-state index contributed by atoms with van der Waals surface area (Å²) in [5.74, 6) is 0.407. The zero-order valence-corrected chi connectivity index (χ0v) is 23.5. The molecule has 11 nitrogen and oxygen atoms in total. The number of nitrogens with zero attached hydrogens (tertiary/aromatic N) is 5. The molecule has 2 aromatic heterocycles. The molecule has 0 saturated carbocycles. The van der Waals surface area contributed by atoms with Gasteiger partial charge in [0.1, 0.15) is 18.8 Å². The standard InChI is InChI=1S/C29H33N5O6S/c1-21-9-11-25(12-10-21)41(38,39)34-15-13-26-27(30-20-31-28(26)34)33(17-24(36)18-35)23-8-5-14-32(16-23)29(37)40-19-22-6-3-2-4-7-22/h2-4,6-7,9-13,15,20,23-24,35-36H,5,8,14,16-19H2,1H3/t23-,24?/m1/s1. The number of aromatic nitrogens is 3. The minimum atomic E-state index is -3.93. The maximum absolute atomic E-state index is 13.5. The van der Waals surface area contributed by atoms with E-state index in [0.29, 0.717) is 37.1 Å². The minimum absolute atomic E-state index is 0.0239. The second kappa shape index (κ2) is 12.2. The Bertz CT molecular complexity index is 1590. The van der Waals surface area contributed by atoms with Gasteiger partial charge in [-0.15, -0.1) is 0 Å². The number of hydrogen-bond acceptors (Lipinski definition) is 9. The number of carbonyl (C=O) groups excluding carboxylic acids is 1. The fraction of sp³-hybridized carbons (Fsp3) is 0.345. The predicted molar refractivity (Wildman–Crippen MR) is 153 cm³/mol. The smallest absolute Gasteiger partial charge is 0.410 e. The molecule has 2 N–H and O–H groups in total. The van der Waals surface area contributed by atoms with Gasteiger partial charge in [-0.1, -0.05) is 48.0 Å². The van der Waals surface area contributed by atoms with E-state index < -0.39 is 28.8 Å². The predicted octanol–water partition coefficient (Wildman–Crippen LogP) is 2.94. The molecule has 1 aliphatic rings. The fourth-order valence-electron chi connectivity index (χ4n) is 5.04. The maximum Gasteiger partial charge on any atom is 0.410 e. The van der Waals surface area contributed by atoms with Crippen LogP contribution >= 0.6 is 0 Å². The SMILES string of the molecule is Cc1ccc(S(=O)(=O)n2ccc3c(N(CC(O)CO)[C@@H]4CCCN(C(=O)OCc5ccccc5)C4)ncnc32)cc1. The molecule has 12 heteroatoms. The molecule has 1 fully saturated rings. The van der Waals surface area contributed by atoms with Gasteiger partial charge in [-0.2, -0.15) is 0 Å². The average molecular weight is 580 g/mol. The lowest BCUT2D eigenvalue weighted by Crippen LogP contribution is -2.52. The number of likely N-dealkylation sites (tertiary alicyclic amines) is 1. The Morgan fingerprint density at radius 2 is 1.88 bits per heavy atom. The second-order valence-electron chi connectivity index (χ2n) is 10.1. The first-order valence-corrected chi connectivity index (χ1v) is 14.9. The lowest BCUT2D eigenvalue weighted by molar-refractivity contribution is 0.0798. The molecule has 2 atom stereocenters. The topological polar surface area (TPSA) is 138 Å². The van der Waals surface area contributed by atoms with Crippen molar-refractivity contribution in [3.8, 4) is 0 Å². The number of benzene rings is 2. The first kappa shape index (κ1) is 28.5. The number of aryl methyl sites for hydroxylation is 1. The molecule has 41 heavy (non-hydrogen) atoms. The van der Waals surface area contributed by atoms with E-state index in [4.69, 9.17) is 4.74 Å². The van der Waals surface area contributed by atoms with Crippen LogP contribution in [0.4, 0.5) is 10.6 Å². The molecule has 1 unspecified atom stereocenters. The van der Waals surface area contributed by atoms with Crippen molar-refractivity contribution in [1.29, 1.82) is 0 Å². The van der Waals surface area contributed by atoms with E-state index in [9.17, 15) is 23.4 Å². The highest BCUT2D eigenvalue weighted by Gasteiger charge is 2.32. The third-order valence-electron chi connectivity index (χ3n) is 7.20. The lowest BCUT2D eigenvalue weighted by Gasteiger charge is -2.40. The van der Waals surface area contributed by atoms with Crippen molar-refractivity contribution in [1.82, 2.24) is 18.8 Å². The Balaban J connectivity index is 1.43. The third kappa shape index (κ3) is 6.19. The van der Waals surface area contributed by atoms with Crippen LogP contribution in [-0.2, 0) is 21.4 Å². The van der Waals surface area contributed by atoms with Gasteiger partial charge in [-0.05, 0) is 43.5 Å². The molecule has 0 aliphatic carbocycles. The normalized spacial score (nSPS) is 16.5. The van der Waals surface area contributed by atoms with Gasteiger partial charge in [0.2, 0.25) is 0 Å². The summed E-state index contributed by atoms with van der Waals surface area (Å²) in [5.41, 5.74) is 2.01. The molecule has 216 valence electrons. The van der Waals surface area contributed by atoms with Gasteiger partial charge < -0.3 is 24.7 Å². The summed E-state index contributed by atoms with van der Waals surface area (Å²) >= 11 is 0. The summed E-state index contributed by atoms with van der Waals surface area (Å²) in [7, 11) is -3.93. The van der Waals surface area contributed by atoms with Crippen LogP contribution in [0.3, 0.4) is 0 Å². The number of rotatable bonds is 9. The Hall–Kier alpha value is -4.00. The number of amides is 1. The highest BCUT2D eigenvalue weighted by Crippen LogP contribution is 2.30. The highest BCUT2D eigenvalue weighted by atomic mass is 32.2. The minimum Gasteiger partial charge on any atom is -0.445 e. The number of aliphatic hydroxyl groups excluding tert-OH is 2. The number of anilines is 1. The van der Waals surface area contributed by atoms with Gasteiger partial charge in [0.15, 0.2) is 5.65 Å². The van der Waals surface area contributed by atoms with Crippen LogP contribution in [0.2, 0.25) is 0 Å². The van der Waals surface area contributed by atoms with Crippen molar-refractivity contribution in [2.24, 2.45) is 0 Å². The van der Waals surface area contributed by atoms with E-state index in [2.05, 4.69) is 9.97 Å². The third-order valence-corrected chi connectivity index (χ3v) is 8.88. The zero-order valence-electron chi connectivity index (χ0n) is 22.7. The quantitative estimate of drug-likeness (QED) is 0.307. The van der Waals surface area contributed by atoms with Crippen molar-refractivity contribution in [3.05, 3.63) is 84.3 Å². The maximum atomic E-state index is 13.5. The molecule has 0 bridgehead atoms. The lowest BCUT2D eigenvalue weighted by atomic mass is 10.0. The van der Waals surface area contributed by atoms with Crippen molar-refractivity contribution in [3.63, 3.8) is 0 Å². The Labute approximate surface area is 238 Å². The molecule has 5 rings (SSSR count). The van der Waals surface area contributed by atoms with E-state index in [0.717, 1.165) is 15.1 Å².